The molecular weight excluding hydrogens is 596 g/mol. The zero-order valence-electron chi connectivity index (χ0n) is 28.7. The summed E-state index contributed by atoms with van der Waals surface area (Å²) < 4.78 is 5.96. The maximum absolute atomic E-state index is 13.4. The summed E-state index contributed by atoms with van der Waals surface area (Å²) in [5.41, 5.74) is -0.656. The molecule has 0 bridgehead atoms. The summed E-state index contributed by atoms with van der Waals surface area (Å²) >= 11 is 0. The molecule has 1 aromatic heterocycles. The molecule has 0 radical (unpaired) electrons. The number of piperazine rings is 1. The highest BCUT2D eigenvalue weighted by Gasteiger charge is 2.36. The van der Waals surface area contributed by atoms with Crippen molar-refractivity contribution in [3.8, 4) is 0 Å². The van der Waals surface area contributed by atoms with E-state index in [1.165, 1.54) is 38.5 Å². The number of allylic oxidation sites excluding steroid dienone is 5. The van der Waals surface area contributed by atoms with Crippen molar-refractivity contribution in [1.29, 1.82) is 0 Å². The van der Waals surface area contributed by atoms with Crippen LogP contribution in [0.4, 0.5) is 4.79 Å². The van der Waals surface area contributed by atoms with Gasteiger partial charge in [-0.3, -0.25) is 4.90 Å². The van der Waals surface area contributed by atoms with Crippen LogP contribution in [-0.2, 0) is 14.3 Å². The lowest BCUT2D eigenvalue weighted by Crippen LogP contribution is -2.53. The number of hydrogen-bond donors (Lipinski definition) is 2. The lowest BCUT2D eigenvalue weighted by atomic mass is 9.86. The van der Waals surface area contributed by atoms with Crippen LogP contribution in [0.2, 0.25) is 0 Å². The molecule has 1 saturated carbocycles. The van der Waals surface area contributed by atoms with E-state index >= 15 is 0 Å². The number of aldehydes is 2. The summed E-state index contributed by atoms with van der Waals surface area (Å²) in [5.74, 6) is 0.0281. The topological polar surface area (TPSA) is 133 Å². The van der Waals surface area contributed by atoms with Gasteiger partial charge < -0.3 is 29.4 Å². The molecule has 10 nitrogen and oxygen atoms in total. The van der Waals surface area contributed by atoms with Crippen molar-refractivity contribution < 1.29 is 29.3 Å². The highest BCUT2D eigenvalue weighted by atomic mass is 16.6. The minimum absolute atomic E-state index is 0.00904. The fraction of sp³-hybridized carbons (Fsp3) is 0.649. The number of aliphatic hydroxyl groups excluding tert-OH is 1. The van der Waals surface area contributed by atoms with Crippen LogP contribution in [0.1, 0.15) is 97.2 Å². The molecule has 2 aliphatic rings. The van der Waals surface area contributed by atoms with Crippen LogP contribution in [0.3, 0.4) is 0 Å². The lowest BCUT2D eigenvalue weighted by Gasteiger charge is -2.40. The highest BCUT2D eigenvalue weighted by molar-refractivity contribution is 5.68. The summed E-state index contributed by atoms with van der Waals surface area (Å²) in [6.07, 6.45) is 19.6. The number of ether oxygens (including phenoxy) is 1. The van der Waals surface area contributed by atoms with Gasteiger partial charge in [0.25, 0.3) is 0 Å². The lowest BCUT2D eigenvalue weighted by molar-refractivity contribution is -0.111. The van der Waals surface area contributed by atoms with E-state index in [0.717, 1.165) is 24.9 Å². The van der Waals surface area contributed by atoms with Crippen molar-refractivity contribution >= 4 is 18.7 Å². The molecule has 1 aliphatic heterocycles. The van der Waals surface area contributed by atoms with E-state index in [9.17, 15) is 24.6 Å². The van der Waals surface area contributed by atoms with Gasteiger partial charge in [0.2, 0.25) is 0 Å². The number of amides is 1. The summed E-state index contributed by atoms with van der Waals surface area (Å²) in [5, 5.41) is 21.6. The molecule has 2 heterocycles. The van der Waals surface area contributed by atoms with Gasteiger partial charge in [-0.2, -0.15) is 0 Å². The highest BCUT2D eigenvalue weighted by Crippen LogP contribution is 2.27. The normalized spacial score (nSPS) is 21.8. The molecule has 3 rings (SSSR count). The average Bonchev–Trinajstić information content (AvgIpc) is 3.36. The Morgan fingerprint density at radius 3 is 2.32 bits per heavy atom. The molecule has 1 saturated heterocycles. The fourth-order valence-electron chi connectivity index (χ4n) is 6.44. The van der Waals surface area contributed by atoms with E-state index in [2.05, 4.69) is 14.9 Å². The van der Waals surface area contributed by atoms with E-state index in [0.29, 0.717) is 31.2 Å². The van der Waals surface area contributed by atoms with Gasteiger partial charge in [0.05, 0.1) is 6.10 Å². The molecule has 6 atom stereocenters. The molecular formula is C37H56N4O6. The first-order chi connectivity index (χ1) is 22.6. The predicted molar refractivity (Wildman–Crippen MR) is 183 cm³/mol. The van der Waals surface area contributed by atoms with Crippen LogP contribution in [-0.4, -0.2) is 98.7 Å². The van der Waals surface area contributed by atoms with Crippen LogP contribution in [0.15, 0.2) is 54.4 Å². The number of aliphatic hydroxyl groups is 2. The molecule has 0 aromatic carbocycles. The number of aromatic nitrogens is 2. The molecule has 0 spiro atoms. The monoisotopic (exact) mass is 652 g/mol. The number of nitrogens with zero attached hydrogens (tertiary/aromatic N) is 4. The summed E-state index contributed by atoms with van der Waals surface area (Å²) in [6, 6.07) is 2.35. The zero-order valence-corrected chi connectivity index (χ0v) is 28.7. The van der Waals surface area contributed by atoms with Gasteiger partial charge in [-0.15, -0.1) is 0 Å². The summed E-state index contributed by atoms with van der Waals surface area (Å²) in [6.45, 7) is 10.1. The first-order valence-corrected chi connectivity index (χ1v) is 17.3. The SMILES string of the molecule is C/C(=C\C=C\C(C)c1ncccn1)[C@@H](C=O)[C@@H](C)/C=C/[C@H](OC(=O)N1CCN(C2CCCCCC2)CC1)[C@@](C)(O)CC[C@H](O)CC=O. The molecule has 1 aromatic rings. The second-order valence-corrected chi connectivity index (χ2v) is 13.5. The van der Waals surface area contributed by atoms with Crippen molar-refractivity contribution in [3.63, 3.8) is 0 Å². The zero-order chi connectivity index (χ0) is 34.2. The van der Waals surface area contributed by atoms with Crippen molar-refractivity contribution in [2.24, 2.45) is 11.8 Å². The maximum atomic E-state index is 13.4. The quantitative estimate of drug-likeness (QED) is 0.104. The third-order valence-corrected chi connectivity index (χ3v) is 9.69. The van der Waals surface area contributed by atoms with Crippen LogP contribution in [0, 0.1) is 11.8 Å². The van der Waals surface area contributed by atoms with Gasteiger partial charge in [0, 0.05) is 62.9 Å². The molecule has 2 N–H and O–H groups in total. The smallest absolute Gasteiger partial charge is 0.410 e. The largest absolute Gasteiger partial charge is 0.439 e. The molecule has 10 heteroatoms. The molecule has 2 fully saturated rings. The summed E-state index contributed by atoms with van der Waals surface area (Å²) in [4.78, 5) is 49.3. The Hall–Kier alpha value is -3.21. The van der Waals surface area contributed by atoms with Gasteiger partial charge in [0.1, 0.15) is 24.0 Å². The van der Waals surface area contributed by atoms with Crippen molar-refractivity contribution in [2.45, 2.75) is 115 Å². The maximum Gasteiger partial charge on any atom is 0.410 e. The van der Waals surface area contributed by atoms with Gasteiger partial charge >= 0.3 is 6.09 Å². The van der Waals surface area contributed by atoms with Crippen molar-refractivity contribution in [1.82, 2.24) is 19.8 Å². The number of carbonyl (C=O) groups excluding carboxylic acids is 3. The minimum Gasteiger partial charge on any atom is -0.439 e. The second kappa shape index (κ2) is 19.6. The van der Waals surface area contributed by atoms with Crippen molar-refractivity contribution in [2.75, 3.05) is 26.2 Å². The van der Waals surface area contributed by atoms with Crippen LogP contribution in [0.5, 0.6) is 0 Å². The molecule has 260 valence electrons. The first kappa shape index (κ1) is 38.2. The van der Waals surface area contributed by atoms with Crippen LogP contribution < -0.4 is 0 Å². The van der Waals surface area contributed by atoms with Gasteiger partial charge in [0.15, 0.2) is 6.10 Å². The van der Waals surface area contributed by atoms with E-state index in [-0.39, 0.29) is 31.1 Å². The Bertz CT molecular complexity index is 1190. The summed E-state index contributed by atoms with van der Waals surface area (Å²) in [7, 11) is 0. The van der Waals surface area contributed by atoms with Gasteiger partial charge in [-0.1, -0.05) is 69.4 Å². The third kappa shape index (κ3) is 12.4. The Labute approximate surface area is 281 Å². The van der Waals surface area contributed by atoms with E-state index < -0.39 is 29.8 Å². The minimum atomic E-state index is -1.52. The van der Waals surface area contributed by atoms with Crippen LogP contribution >= 0.6 is 0 Å². The number of rotatable bonds is 16. The number of hydrogen-bond acceptors (Lipinski definition) is 9. The second-order valence-electron chi connectivity index (χ2n) is 13.5. The standard InChI is InChI=1S/C37H56N4O6/c1-28(11-9-12-30(3)35-38-20-10-21-39-35)33(27-43)29(2)15-16-34(37(4,46)19-17-32(44)18-26-42)47-36(45)41-24-22-40(23-25-41)31-13-7-5-6-8-14-31/h9-12,15-16,20-21,26-27,29-34,44,46H,5-8,13-14,17-19,22-25H2,1-4H3/b12-9+,16-15+,28-11+/t29-,30?,32-,33+,34-,37-/m0/s1. The molecule has 47 heavy (non-hydrogen) atoms. The Kier molecular flexibility index (Phi) is 15.9. The molecule has 1 aliphatic carbocycles. The predicted octanol–water partition coefficient (Wildman–Crippen LogP) is 5.42. The third-order valence-electron chi connectivity index (χ3n) is 9.69. The molecule has 1 amide bonds. The first-order valence-electron chi connectivity index (χ1n) is 17.3. The fourth-order valence-corrected chi connectivity index (χ4v) is 6.44. The van der Waals surface area contributed by atoms with E-state index in [4.69, 9.17) is 4.74 Å². The van der Waals surface area contributed by atoms with E-state index in [1.807, 2.05) is 39.0 Å². The van der Waals surface area contributed by atoms with Gasteiger partial charge in [-0.25, -0.2) is 14.8 Å². The Morgan fingerprint density at radius 1 is 1.04 bits per heavy atom. The Balaban J connectivity index is 1.68. The van der Waals surface area contributed by atoms with Crippen LogP contribution in [0.25, 0.3) is 0 Å². The van der Waals surface area contributed by atoms with Crippen molar-refractivity contribution in [3.05, 3.63) is 60.2 Å². The Morgan fingerprint density at radius 2 is 1.70 bits per heavy atom. The molecule has 1 unspecified atom stereocenters. The van der Waals surface area contributed by atoms with E-state index in [1.54, 1.807) is 42.4 Å². The number of carbonyl (C=O) groups is 3. The van der Waals surface area contributed by atoms with Gasteiger partial charge in [-0.05, 0) is 57.6 Å². The average molecular weight is 653 g/mol.